The summed E-state index contributed by atoms with van der Waals surface area (Å²) in [6.07, 6.45) is 3.80. The Morgan fingerprint density at radius 1 is 1.12 bits per heavy atom. The van der Waals surface area contributed by atoms with Crippen molar-refractivity contribution in [2.75, 3.05) is 19.0 Å². The van der Waals surface area contributed by atoms with E-state index in [9.17, 15) is 13.6 Å². The van der Waals surface area contributed by atoms with Gasteiger partial charge in [-0.1, -0.05) is 25.0 Å². The van der Waals surface area contributed by atoms with Gasteiger partial charge in [-0.2, -0.15) is 0 Å². The molecule has 1 aliphatic heterocycles. The van der Waals surface area contributed by atoms with Crippen molar-refractivity contribution in [1.82, 2.24) is 4.90 Å². The minimum Gasteiger partial charge on any atom is -0.497 e. The molecule has 6 heteroatoms. The highest BCUT2D eigenvalue weighted by atomic mass is 19.1. The minimum atomic E-state index is -0.783. The van der Waals surface area contributed by atoms with Crippen LogP contribution in [-0.2, 0) is 0 Å². The third-order valence-corrected chi connectivity index (χ3v) is 4.69. The van der Waals surface area contributed by atoms with E-state index >= 15 is 0 Å². The Labute approximate surface area is 151 Å². The number of likely N-dealkylation sites (tertiary alicyclic amines) is 1. The Balaban J connectivity index is 1.82. The first-order chi connectivity index (χ1) is 12.6. The summed E-state index contributed by atoms with van der Waals surface area (Å²) in [6.45, 7) is 0.589. The van der Waals surface area contributed by atoms with Crippen molar-refractivity contribution in [3.8, 4) is 5.75 Å². The molecule has 2 aromatic carbocycles. The Bertz CT molecular complexity index is 765. The Morgan fingerprint density at radius 3 is 2.58 bits per heavy atom. The van der Waals surface area contributed by atoms with E-state index in [1.807, 2.05) is 24.3 Å². The molecule has 138 valence electrons. The topological polar surface area (TPSA) is 41.6 Å². The lowest BCUT2D eigenvalue weighted by Crippen LogP contribution is -2.38. The zero-order chi connectivity index (χ0) is 18.5. The molecule has 0 spiro atoms. The molecule has 0 unspecified atom stereocenters. The van der Waals surface area contributed by atoms with Crippen molar-refractivity contribution < 1.29 is 18.3 Å². The van der Waals surface area contributed by atoms with Gasteiger partial charge in [0.2, 0.25) is 0 Å². The zero-order valence-electron chi connectivity index (χ0n) is 14.7. The fourth-order valence-corrected chi connectivity index (χ4v) is 3.30. The van der Waals surface area contributed by atoms with Gasteiger partial charge >= 0.3 is 6.03 Å². The number of amides is 2. The highest BCUT2D eigenvalue weighted by Gasteiger charge is 2.27. The van der Waals surface area contributed by atoms with Crippen molar-refractivity contribution in [3.63, 3.8) is 0 Å². The third kappa shape index (κ3) is 4.12. The summed E-state index contributed by atoms with van der Waals surface area (Å²) in [6, 6.07) is 10.3. The van der Waals surface area contributed by atoms with E-state index in [2.05, 4.69) is 5.32 Å². The fraction of sp³-hybridized carbons (Fsp3) is 0.350. The molecule has 0 aliphatic carbocycles. The highest BCUT2D eigenvalue weighted by Crippen LogP contribution is 2.32. The van der Waals surface area contributed by atoms with Gasteiger partial charge in [0.15, 0.2) is 0 Å². The summed E-state index contributed by atoms with van der Waals surface area (Å²) < 4.78 is 32.1. The van der Waals surface area contributed by atoms with Crippen LogP contribution < -0.4 is 10.1 Å². The number of methoxy groups -OCH3 is 1. The highest BCUT2D eigenvalue weighted by molar-refractivity contribution is 5.89. The van der Waals surface area contributed by atoms with Crippen molar-refractivity contribution in [2.24, 2.45) is 0 Å². The van der Waals surface area contributed by atoms with Gasteiger partial charge in [0, 0.05) is 12.6 Å². The van der Waals surface area contributed by atoms with Crippen LogP contribution in [0, 0.1) is 11.6 Å². The SMILES string of the molecule is COc1ccc([C@H]2CCCCCN2C(=O)Nc2ccc(F)cc2F)cc1. The first-order valence-corrected chi connectivity index (χ1v) is 8.75. The number of rotatable bonds is 3. The molecule has 0 bridgehead atoms. The largest absolute Gasteiger partial charge is 0.497 e. The van der Waals surface area contributed by atoms with Gasteiger partial charge in [0.1, 0.15) is 17.4 Å². The average molecular weight is 360 g/mol. The summed E-state index contributed by atoms with van der Waals surface area (Å²) in [5, 5.41) is 2.58. The predicted molar refractivity (Wildman–Crippen MR) is 96.3 cm³/mol. The molecular formula is C20H22F2N2O2. The van der Waals surface area contributed by atoms with Crippen LogP contribution in [0.15, 0.2) is 42.5 Å². The number of nitrogens with zero attached hydrogens (tertiary/aromatic N) is 1. The number of carbonyl (C=O) groups is 1. The van der Waals surface area contributed by atoms with Crippen molar-refractivity contribution in [2.45, 2.75) is 31.7 Å². The Kier molecular flexibility index (Phi) is 5.71. The van der Waals surface area contributed by atoms with Crippen LogP contribution in [0.1, 0.15) is 37.3 Å². The Hall–Kier alpha value is -2.63. The van der Waals surface area contributed by atoms with Gasteiger partial charge < -0.3 is 15.0 Å². The van der Waals surface area contributed by atoms with Crippen LogP contribution in [-0.4, -0.2) is 24.6 Å². The summed E-state index contributed by atoms with van der Waals surface area (Å²) in [4.78, 5) is 14.5. The number of benzene rings is 2. The first kappa shape index (κ1) is 18.2. The number of nitrogens with one attached hydrogen (secondary N) is 1. The van der Waals surface area contributed by atoms with E-state index in [4.69, 9.17) is 4.74 Å². The number of anilines is 1. The molecule has 26 heavy (non-hydrogen) atoms. The number of halogens is 2. The number of ether oxygens (including phenoxy) is 1. The number of hydrogen-bond acceptors (Lipinski definition) is 2. The monoisotopic (exact) mass is 360 g/mol. The van der Waals surface area contributed by atoms with Crippen LogP contribution in [0.3, 0.4) is 0 Å². The fourth-order valence-electron chi connectivity index (χ4n) is 3.30. The van der Waals surface area contributed by atoms with E-state index in [0.29, 0.717) is 6.54 Å². The molecular weight excluding hydrogens is 338 g/mol. The Morgan fingerprint density at radius 2 is 1.88 bits per heavy atom. The summed E-state index contributed by atoms with van der Waals surface area (Å²) in [5.74, 6) is -0.702. The standard InChI is InChI=1S/C20H22F2N2O2/c1-26-16-9-6-14(7-10-16)19-5-3-2-4-12-24(19)20(25)23-18-11-8-15(21)13-17(18)22/h6-11,13,19H,2-5,12H2,1H3,(H,23,25)/t19-/m1/s1. The number of urea groups is 1. The van der Waals surface area contributed by atoms with Gasteiger partial charge in [-0.15, -0.1) is 0 Å². The third-order valence-electron chi connectivity index (χ3n) is 4.69. The van der Waals surface area contributed by atoms with E-state index in [-0.39, 0.29) is 17.8 Å². The van der Waals surface area contributed by atoms with Crippen molar-refractivity contribution in [1.29, 1.82) is 0 Å². The first-order valence-electron chi connectivity index (χ1n) is 8.75. The van der Waals surface area contributed by atoms with Gasteiger partial charge in [-0.3, -0.25) is 0 Å². The molecule has 2 aromatic rings. The van der Waals surface area contributed by atoms with Gasteiger partial charge in [-0.05, 0) is 42.7 Å². The van der Waals surface area contributed by atoms with E-state index < -0.39 is 11.6 Å². The lowest BCUT2D eigenvalue weighted by molar-refractivity contribution is 0.189. The van der Waals surface area contributed by atoms with Gasteiger partial charge in [-0.25, -0.2) is 13.6 Å². The van der Waals surface area contributed by atoms with Crippen LogP contribution in [0.5, 0.6) is 5.75 Å². The molecule has 1 saturated heterocycles. The van der Waals surface area contributed by atoms with Gasteiger partial charge in [0.25, 0.3) is 0 Å². The molecule has 0 aromatic heterocycles. The normalized spacial score (nSPS) is 17.5. The second kappa shape index (κ2) is 8.17. The van der Waals surface area contributed by atoms with Crippen LogP contribution in [0.4, 0.5) is 19.3 Å². The minimum absolute atomic E-state index is 0.0193. The van der Waals surface area contributed by atoms with Crippen LogP contribution in [0.25, 0.3) is 0 Å². The lowest BCUT2D eigenvalue weighted by Gasteiger charge is -2.30. The summed E-state index contributed by atoms with van der Waals surface area (Å²) >= 11 is 0. The summed E-state index contributed by atoms with van der Waals surface area (Å²) in [7, 11) is 1.61. The molecule has 0 radical (unpaired) electrons. The van der Waals surface area contributed by atoms with E-state index in [1.165, 1.54) is 6.07 Å². The molecule has 1 aliphatic rings. The molecule has 2 amide bonds. The molecule has 3 rings (SSSR count). The quantitative estimate of drug-likeness (QED) is 0.825. The van der Waals surface area contributed by atoms with E-state index in [0.717, 1.165) is 49.1 Å². The summed E-state index contributed by atoms with van der Waals surface area (Å²) in [5.41, 5.74) is 0.997. The molecule has 1 fully saturated rings. The number of carbonyl (C=O) groups excluding carboxylic acids is 1. The number of hydrogen-bond donors (Lipinski definition) is 1. The maximum atomic E-state index is 13.9. The molecule has 4 nitrogen and oxygen atoms in total. The van der Waals surface area contributed by atoms with E-state index in [1.54, 1.807) is 12.0 Å². The second-order valence-corrected chi connectivity index (χ2v) is 6.39. The molecule has 1 N–H and O–H groups in total. The molecule has 1 atom stereocenters. The molecule has 0 saturated carbocycles. The van der Waals surface area contributed by atoms with Crippen LogP contribution >= 0.6 is 0 Å². The zero-order valence-corrected chi connectivity index (χ0v) is 14.7. The van der Waals surface area contributed by atoms with Crippen molar-refractivity contribution in [3.05, 3.63) is 59.7 Å². The maximum absolute atomic E-state index is 13.9. The van der Waals surface area contributed by atoms with Crippen molar-refractivity contribution >= 4 is 11.7 Å². The lowest BCUT2D eigenvalue weighted by atomic mass is 10.0. The van der Waals surface area contributed by atoms with Crippen LogP contribution in [0.2, 0.25) is 0 Å². The second-order valence-electron chi connectivity index (χ2n) is 6.39. The molecule has 1 heterocycles. The smallest absolute Gasteiger partial charge is 0.322 e. The average Bonchev–Trinajstić information content (AvgIpc) is 2.90. The maximum Gasteiger partial charge on any atom is 0.322 e. The van der Waals surface area contributed by atoms with Gasteiger partial charge in [0.05, 0.1) is 18.8 Å². The predicted octanol–water partition coefficient (Wildman–Crippen LogP) is 5.12.